The van der Waals surface area contributed by atoms with Gasteiger partial charge in [-0.05, 0) is 18.6 Å². The van der Waals surface area contributed by atoms with Crippen LogP contribution in [-0.2, 0) is 6.61 Å². The van der Waals surface area contributed by atoms with Crippen LogP contribution in [0.2, 0.25) is 0 Å². The molecule has 0 aliphatic carbocycles. The highest BCUT2D eigenvalue weighted by Crippen LogP contribution is 2.18. The second-order valence-electron chi connectivity index (χ2n) is 4.47. The van der Waals surface area contributed by atoms with Crippen molar-refractivity contribution >= 4 is 11.7 Å². The van der Waals surface area contributed by atoms with Gasteiger partial charge >= 0.3 is 0 Å². The van der Waals surface area contributed by atoms with Crippen molar-refractivity contribution in [1.82, 2.24) is 9.97 Å². The molecule has 3 N–H and O–H groups in total. The zero-order chi connectivity index (χ0) is 15.1. The topological polar surface area (TPSA) is 90.1 Å². The summed E-state index contributed by atoms with van der Waals surface area (Å²) in [7, 11) is 0. The third-order valence-electron chi connectivity index (χ3n) is 2.79. The van der Waals surface area contributed by atoms with Gasteiger partial charge in [-0.2, -0.15) is 0 Å². The maximum Gasteiger partial charge on any atom is 0.252 e. The van der Waals surface area contributed by atoms with Gasteiger partial charge in [-0.25, -0.2) is 4.98 Å². The van der Waals surface area contributed by atoms with Crippen molar-refractivity contribution in [1.29, 1.82) is 0 Å². The van der Waals surface area contributed by atoms with Gasteiger partial charge in [0.05, 0.1) is 23.7 Å². The number of primary amides is 1. The predicted octanol–water partition coefficient (Wildman–Crippen LogP) is 1.98. The molecule has 0 unspecified atom stereocenters. The van der Waals surface area contributed by atoms with Gasteiger partial charge < -0.3 is 15.8 Å². The summed E-state index contributed by atoms with van der Waals surface area (Å²) in [5.74, 6) is 0.661. The van der Waals surface area contributed by atoms with Gasteiger partial charge in [0.2, 0.25) is 0 Å². The van der Waals surface area contributed by atoms with Crippen molar-refractivity contribution < 1.29 is 9.53 Å². The van der Waals surface area contributed by atoms with E-state index in [2.05, 4.69) is 22.2 Å². The average molecular weight is 286 g/mol. The van der Waals surface area contributed by atoms with Gasteiger partial charge in [0.15, 0.2) is 0 Å². The predicted molar refractivity (Wildman–Crippen MR) is 80.1 cm³/mol. The Morgan fingerprint density at radius 2 is 2.10 bits per heavy atom. The first-order valence-corrected chi connectivity index (χ1v) is 6.77. The zero-order valence-corrected chi connectivity index (χ0v) is 11.9. The monoisotopic (exact) mass is 286 g/mol. The highest BCUT2D eigenvalue weighted by atomic mass is 16.5. The Hall–Kier alpha value is -2.63. The summed E-state index contributed by atoms with van der Waals surface area (Å²) in [6.07, 6.45) is 4.33. The summed E-state index contributed by atoms with van der Waals surface area (Å²) in [5, 5.41) is 3.14. The lowest BCUT2D eigenvalue weighted by Gasteiger charge is -2.09. The molecule has 21 heavy (non-hydrogen) atoms. The molecular formula is C15H18N4O2. The number of aromatic nitrogens is 2. The van der Waals surface area contributed by atoms with Crippen LogP contribution in [0.3, 0.4) is 0 Å². The number of amides is 1. The van der Waals surface area contributed by atoms with E-state index in [1.807, 2.05) is 0 Å². The van der Waals surface area contributed by atoms with Crippen molar-refractivity contribution in [3.05, 3.63) is 47.9 Å². The lowest BCUT2D eigenvalue weighted by Crippen LogP contribution is -2.13. The molecule has 0 saturated carbocycles. The van der Waals surface area contributed by atoms with Crippen LogP contribution in [0.15, 0.2) is 36.7 Å². The van der Waals surface area contributed by atoms with Crippen molar-refractivity contribution in [3.8, 4) is 5.75 Å². The molecule has 1 heterocycles. The number of benzene rings is 1. The van der Waals surface area contributed by atoms with E-state index >= 15 is 0 Å². The minimum Gasteiger partial charge on any atom is -0.486 e. The molecule has 0 aliphatic heterocycles. The van der Waals surface area contributed by atoms with Gasteiger partial charge in [-0.15, -0.1) is 0 Å². The SMILES string of the molecule is CCCNc1cnc(COc2ccccc2C(N)=O)cn1. The third kappa shape index (κ3) is 4.17. The second kappa shape index (κ2) is 7.23. The summed E-state index contributed by atoms with van der Waals surface area (Å²) in [5.41, 5.74) is 6.33. The summed E-state index contributed by atoms with van der Waals surface area (Å²) < 4.78 is 5.58. The Morgan fingerprint density at radius 1 is 1.29 bits per heavy atom. The van der Waals surface area contributed by atoms with Crippen LogP contribution in [-0.4, -0.2) is 22.4 Å². The first-order chi connectivity index (χ1) is 10.2. The molecule has 2 rings (SSSR count). The number of hydrogen-bond donors (Lipinski definition) is 2. The molecule has 0 aliphatic rings. The highest BCUT2D eigenvalue weighted by Gasteiger charge is 2.08. The molecule has 0 spiro atoms. The lowest BCUT2D eigenvalue weighted by molar-refractivity contribution is 0.0996. The van der Waals surface area contributed by atoms with E-state index in [1.165, 1.54) is 0 Å². The molecule has 6 heteroatoms. The molecule has 110 valence electrons. The van der Waals surface area contributed by atoms with Crippen molar-refractivity contribution in [2.45, 2.75) is 20.0 Å². The molecule has 0 fully saturated rings. The molecule has 6 nitrogen and oxygen atoms in total. The minimum absolute atomic E-state index is 0.228. The first kappa shape index (κ1) is 14.8. The minimum atomic E-state index is -0.518. The maximum absolute atomic E-state index is 11.3. The number of hydrogen-bond acceptors (Lipinski definition) is 5. The Balaban J connectivity index is 1.98. The molecule has 0 radical (unpaired) electrons. The smallest absolute Gasteiger partial charge is 0.252 e. The summed E-state index contributed by atoms with van der Waals surface area (Å²) in [6, 6.07) is 6.85. The van der Waals surface area contributed by atoms with E-state index in [4.69, 9.17) is 10.5 Å². The number of carbonyl (C=O) groups is 1. The summed E-state index contributed by atoms with van der Waals surface area (Å²) in [6.45, 7) is 3.17. The Bertz CT molecular complexity index is 599. The van der Waals surface area contributed by atoms with Crippen LogP contribution in [0, 0.1) is 0 Å². The number of nitrogens with zero attached hydrogens (tertiary/aromatic N) is 2. The number of nitrogens with one attached hydrogen (secondary N) is 1. The van der Waals surface area contributed by atoms with Crippen molar-refractivity contribution in [2.24, 2.45) is 5.73 Å². The Morgan fingerprint density at radius 3 is 2.76 bits per heavy atom. The fraction of sp³-hybridized carbons (Fsp3) is 0.267. The van der Waals surface area contributed by atoms with Crippen LogP contribution in [0.25, 0.3) is 0 Å². The largest absolute Gasteiger partial charge is 0.486 e. The van der Waals surface area contributed by atoms with E-state index in [0.29, 0.717) is 17.0 Å². The molecule has 1 aromatic heterocycles. The fourth-order valence-electron chi connectivity index (χ4n) is 1.72. The van der Waals surface area contributed by atoms with Gasteiger partial charge in [-0.3, -0.25) is 9.78 Å². The number of para-hydroxylation sites is 1. The lowest BCUT2D eigenvalue weighted by atomic mass is 10.2. The van der Waals surface area contributed by atoms with Crippen LogP contribution >= 0.6 is 0 Å². The number of ether oxygens (including phenoxy) is 1. The van der Waals surface area contributed by atoms with E-state index in [0.717, 1.165) is 18.8 Å². The van der Waals surface area contributed by atoms with E-state index in [-0.39, 0.29) is 6.61 Å². The molecule has 0 atom stereocenters. The third-order valence-corrected chi connectivity index (χ3v) is 2.79. The van der Waals surface area contributed by atoms with Crippen LogP contribution in [0.4, 0.5) is 5.82 Å². The van der Waals surface area contributed by atoms with Gasteiger partial charge in [0, 0.05) is 6.54 Å². The molecule has 1 amide bonds. The Labute approximate surface area is 123 Å². The maximum atomic E-state index is 11.3. The van der Waals surface area contributed by atoms with Gasteiger partial charge in [0.1, 0.15) is 18.2 Å². The quantitative estimate of drug-likeness (QED) is 0.812. The first-order valence-electron chi connectivity index (χ1n) is 6.77. The van der Waals surface area contributed by atoms with E-state index in [1.54, 1.807) is 36.7 Å². The van der Waals surface area contributed by atoms with Crippen LogP contribution in [0.1, 0.15) is 29.4 Å². The van der Waals surface area contributed by atoms with Crippen molar-refractivity contribution in [3.63, 3.8) is 0 Å². The normalized spacial score (nSPS) is 10.1. The number of nitrogens with two attached hydrogens (primary N) is 1. The van der Waals surface area contributed by atoms with Gasteiger partial charge in [0.25, 0.3) is 5.91 Å². The molecule has 0 saturated heterocycles. The molecule has 1 aromatic carbocycles. The van der Waals surface area contributed by atoms with E-state index in [9.17, 15) is 4.79 Å². The highest BCUT2D eigenvalue weighted by molar-refractivity contribution is 5.95. The van der Waals surface area contributed by atoms with Crippen LogP contribution in [0.5, 0.6) is 5.75 Å². The van der Waals surface area contributed by atoms with E-state index < -0.39 is 5.91 Å². The number of carbonyl (C=O) groups excluding carboxylic acids is 1. The average Bonchev–Trinajstić information content (AvgIpc) is 2.52. The zero-order valence-electron chi connectivity index (χ0n) is 11.9. The summed E-state index contributed by atoms with van der Waals surface area (Å²) >= 11 is 0. The fourth-order valence-corrected chi connectivity index (χ4v) is 1.72. The van der Waals surface area contributed by atoms with Gasteiger partial charge in [-0.1, -0.05) is 19.1 Å². The number of anilines is 1. The van der Waals surface area contributed by atoms with Crippen molar-refractivity contribution in [2.75, 3.05) is 11.9 Å². The molecule has 2 aromatic rings. The standard InChI is InChI=1S/C15H18N4O2/c1-2-7-17-14-9-18-11(8-19-14)10-21-13-6-4-3-5-12(13)15(16)20/h3-6,8-9H,2,7,10H2,1H3,(H2,16,20)(H,17,19). The Kier molecular flexibility index (Phi) is 5.09. The molecular weight excluding hydrogens is 268 g/mol. The molecule has 0 bridgehead atoms. The second-order valence-corrected chi connectivity index (χ2v) is 4.47. The number of rotatable bonds is 7. The summed E-state index contributed by atoms with van der Waals surface area (Å²) in [4.78, 5) is 19.8. The van der Waals surface area contributed by atoms with Crippen LogP contribution < -0.4 is 15.8 Å².